The monoisotopic (exact) mass is 463 g/mol. The Labute approximate surface area is 198 Å². The molecule has 2 aliphatic rings. The first-order valence-corrected chi connectivity index (χ1v) is 11.6. The van der Waals surface area contributed by atoms with Gasteiger partial charge in [-0.3, -0.25) is 9.59 Å². The zero-order chi connectivity index (χ0) is 23.7. The van der Waals surface area contributed by atoms with E-state index in [1.54, 1.807) is 7.11 Å². The summed E-state index contributed by atoms with van der Waals surface area (Å²) in [5.74, 6) is 2.35. The molecular weight excluding hydrogens is 434 g/mol. The third-order valence-electron chi connectivity index (χ3n) is 6.91. The first-order chi connectivity index (χ1) is 16.5. The van der Waals surface area contributed by atoms with Crippen molar-refractivity contribution in [2.45, 2.75) is 26.3 Å². The molecule has 2 N–H and O–H groups in total. The molecule has 0 saturated carbocycles. The Morgan fingerprint density at radius 2 is 1.91 bits per heavy atom. The molecular formula is C26H29N3O5. The average Bonchev–Trinajstić information content (AvgIpc) is 3.52. The van der Waals surface area contributed by atoms with Gasteiger partial charge in [0.15, 0.2) is 11.5 Å². The van der Waals surface area contributed by atoms with Crippen LogP contribution in [0.4, 0.5) is 0 Å². The molecule has 3 aromatic rings. The number of benzene rings is 2. The van der Waals surface area contributed by atoms with Gasteiger partial charge in [0.25, 0.3) is 5.91 Å². The second kappa shape index (κ2) is 9.29. The standard InChI is InChI=1S/C26H29N3O5/c1-16(25(30)27-14-17-3-6-23-24(11-17)34-15-33-23)18-7-9-29(10-8-18)26(31)22-12-19-4-5-20(32-2)13-21(19)28-22/h3-6,11-13,16,18,28H,7-10,14-15H2,1-2H3,(H,27,30)/t16-/m0/s1. The van der Waals surface area contributed by atoms with Gasteiger partial charge in [0.2, 0.25) is 12.7 Å². The van der Waals surface area contributed by atoms with Gasteiger partial charge in [0.1, 0.15) is 11.4 Å². The quantitative estimate of drug-likeness (QED) is 0.581. The van der Waals surface area contributed by atoms with Crippen LogP contribution in [0, 0.1) is 11.8 Å². The maximum atomic E-state index is 13.0. The van der Waals surface area contributed by atoms with E-state index < -0.39 is 0 Å². The molecule has 1 saturated heterocycles. The van der Waals surface area contributed by atoms with E-state index in [2.05, 4.69) is 10.3 Å². The van der Waals surface area contributed by atoms with Gasteiger partial charge in [-0.05, 0) is 54.7 Å². The lowest BCUT2D eigenvalue weighted by atomic mass is 9.84. The van der Waals surface area contributed by atoms with Crippen molar-refractivity contribution < 1.29 is 23.8 Å². The van der Waals surface area contributed by atoms with Crippen LogP contribution in [0.15, 0.2) is 42.5 Å². The first kappa shape index (κ1) is 22.1. The zero-order valence-corrected chi connectivity index (χ0v) is 19.4. The Kier molecular flexibility index (Phi) is 6.04. The van der Waals surface area contributed by atoms with E-state index in [1.165, 1.54) is 0 Å². The smallest absolute Gasteiger partial charge is 0.270 e. The number of amides is 2. The second-order valence-corrected chi connectivity index (χ2v) is 8.96. The molecule has 8 heteroatoms. The number of aromatic amines is 1. The normalized spacial score (nSPS) is 16.5. The first-order valence-electron chi connectivity index (χ1n) is 11.6. The Morgan fingerprint density at radius 1 is 1.12 bits per heavy atom. The van der Waals surface area contributed by atoms with Crippen molar-refractivity contribution in [3.8, 4) is 17.2 Å². The van der Waals surface area contributed by atoms with Gasteiger partial charge in [-0.25, -0.2) is 0 Å². The Hall–Kier alpha value is -3.68. The maximum absolute atomic E-state index is 13.0. The van der Waals surface area contributed by atoms with Crippen LogP contribution < -0.4 is 19.5 Å². The van der Waals surface area contributed by atoms with E-state index >= 15 is 0 Å². The molecule has 0 radical (unpaired) electrons. The number of aromatic nitrogens is 1. The Balaban J connectivity index is 1.13. The predicted octanol–water partition coefficient (Wildman–Crippen LogP) is 3.71. The highest BCUT2D eigenvalue weighted by Gasteiger charge is 2.30. The number of nitrogens with zero attached hydrogens (tertiary/aromatic N) is 1. The lowest BCUT2D eigenvalue weighted by molar-refractivity contribution is -0.126. The van der Waals surface area contributed by atoms with Crippen LogP contribution in [-0.4, -0.2) is 48.7 Å². The van der Waals surface area contributed by atoms with E-state index in [1.807, 2.05) is 54.3 Å². The molecule has 0 aliphatic carbocycles. The van der Waals surface area contributed by atoms with Gasteiger partial charge in [-0.15, -0.1) is 0 Å². The molecule has 0 bridgehead atoms. The van der Waals surface area contributed by atoms with Gasteiger partial charge in [-0.1, -0.05) is 13.0 Å². The minimum absolute atomic E-state index is 0.00599. The van der Waals surface area contributed by atoms with E-state index in [0.29, 0.717) is 31.1 Å². The molecule has 8 nitrogen and oxygen atoms in total. The number of likely N-dealkylation sites (tertiary alicyclic amines) is 1. The molecule has 3 heterocycles. The van der Waals surface area contributed by atoms with E-state index in [-0.39, 0.29) is 30.4 Å². The highest BCUT2D eigenvalue weighted by atomic mass is 16.7. The molecule has 1 atom stereocenters. The zero-order valence-electron chi connectivity index (χ0n) is 19.4. The van der Waals surface area contributed by atoms with Crippen LogP contribution in [0.2, 0.25) is 0 Å². The minimum Gasteiger partial charge on any atom is -0.497 e. The number of methoxy groups -OCH3 is 1. The van der Waals surface area contributed by atoms with Crippen molar-refractivity contribution in [2.75, 3.05) is 27.0 Å². The maximum Gasteiger partial charge on any atom is 0.270 e. The number of hydrogen-bond donors (Lipinski definition) is 2. The SMILES string of the molecule is COc1ccc2cc(C(=O)N3CCC([C@H](C)C(=O)NCc4ccc5c(c4)OCO5)CC3)[nH]c2c1. The number of fused-ring (bicyclic) bond motifs is 2. The number of nitrogens with one attached hydrogen (secondary N) is 2. The number of ether oxygens (including phenoxy) is 3. The lowest BCUT2D eigenvalue weighted by Gasteiger charge is -2.34. The summed E-state index contributed by atoms with van der Waals surface area (Å²) in [7, 11) is 1.62. The van der Waals surface area contributed by atoms with Crippen molar-refractivity contribution in [3.63, 3.8) is 0 Å². The van der Waals surface area contributed by atoms with Crippen LogP contribution in [-0.2, 0) is 11.3 Å². The van der Waals surface area contributed by atoms with Gasteiger partial charge in [0, 0.05) is 42.5 Å². The summed E-state index contributed by atoms with van der Waals surface area (Å²) in [6.45, 7) is 3.94. The molecule has 2 aromatic carbocycles. The molecule has 2 aliphatic heterocycles. The van der Waals surface area contributed by atoms with E-state index in [0.717, 1.165) is 40.8 Å². The number of hydrogen-bond acceptors (Lipinski definition) is 5. The summed E-state index contributed by atoms with van der Waals surface area (Å²) in [5, 5.41) is 4.02. The summed E-state index contributed by atoms with van der Waals surface area (Å²) in [6.07, 6.45) is 1.61. The number of rotatable bonds is 6. The van der Waals surface area contributed by atoms with Gasteiger partial charge in [0.05, 0.1) is 7.11 Å². The fourth-order valence-electron chi connectivity index (χ4n) is 4.74. The summed E-state index contributed by atoms with van der Waals surface area (Å²) >= 11 is 0. The molecule has 1 fully saturated rings. The van der Waals surface area contributed by atoms with Gasteiger partial charge < -0.3 is 29.4 Å². The number of H-pyrrole nitrogens is 1. The summed E-state index contributed by atoms with van der Waals surface area (Å²) in [6, 6.07) is 13.3. The second-order valence-electron chi connectivity index (χ2n) is 8.96. The largest absolute Gasteiger partial charge is 0.497 e. The third kappa shape index (κ3) is 4.40. The van der Waals surface area contributed by atoms with Crippen molar-refractivity contribution in [2.24, 2.45) is 11.8 Å². The summed E-state index contributed by atoms with van der Waals surface area (Å²) in [5.41, 5.74) is 2.43. The van der Waals surface area contributed by atoms with Crippen molar-refractivity contribution in [1.29, 1.82) is 0 Å². The average molecular weight is 464 g/mol. The molecule has 34 heavy (non-hydrogen) atoms. The highest BCUT2D eigenvalue weighted by Crippen LogP contribution is 2.32. The lowest BCUT2D eigenvalue weighted by Crippen LogP contribution is -2.42. The van der Waals surface area contributed by atoms with Gasteiger partial charge >= 0.3 is 0 Å². The molecule has 178 valence electrons. The van der Waals surface area contributed by atoms with Gasteiger partial charge in [-0.2, -0.15) is 0 Å². The highest BCUT2D eigenvalue weighted by molar-refractivity contribution is 5.98. The van der Waals surface area contributed by atoms with Crippen molar-refractivity contribution >= 4 is 22.7 Å². The molecule has 5 rings (SSSR count). The molecule has 0 unspecified atom stereocenters. The van der Waals surface area contributed by atoms with Crippen LogP contribution in [0.3, 0.4) is 0 Å². The van der Waals surface area contributed by atoms with Crippen LogP contribution >= 0.6 is 0 Å². The number of piperidine rings is 1. The van der Waals surface area contributed by atoms with Crippen LogP contribution in [0.5, 0.6) is 17.2 Å². The fourth-order valence-corrected chi connectivity index (χ4v) is 4.74. The molecule has 2 amide bonds. The predicted molar refractivity (Wildman–Crippen MR) is 127 cm³/mol. The van der Waals surface area contributed by atoms with Crippen LogP contribution in [0.25, 0.3) is 10.9 Å². The Morgan fingerprint density at radius 3 is 2.71 bits per heavy atom. The van der Waals surface area contributed by atoms with Crippen LogP contribution in [0.1, 0.15) is 35.8 Å². The van der Waals surface area contributed by atoms with E-state index in [9.17, 15) is 9.59 Å². The fraction of sp³-hybridized carbons (Fsp3) is 0.385. The van der Waals surface area contributed by atoms with Crippen molar-refractivity contribution in [1.82, 2.24) is 15.2 Å². The van der Waals surface area contributed by atoms with E-state index in [4.69, 9.17) is 14.2 Å². The molecule has 1 aromatic heterocycles. The number of carbonyl (C=O) groups is 2. The minimum atomic E-state index is -0.119. The van der Waals surface area contributed by atoms with Crippen molar-refractivity contribution in [3.05, 3.63) is 53.7 Å². The Bertz CT molecular complexity index is 1210. The third-order valence-corrected chi connectivity index (χ3v) is 6.91. The summed E-state index contributed by atoms with van der Waals surface area (Å²) < 4.78 is 16.0. The number of carbonyl (C=O) groups excluding carboxylic acids is 2. The topological polar surface area (TPSA) is 92.9 Å². The molecule has 0 spiro atoms. The summed E-state index contributed by atoms with van der Waals surface area (Å²) in [4.78, 5) is 30.9.